The Kier molecular flexibility index (Phi) is 3.48. The maximum Gasteiger partial charge on any atom is 0.228 e. The van der Waals surface area contributed by atoms with Crippen LogP contribution in [-0.2, 0) is 4.79 Å². The van der Waals surface area contributed by atoms with Gasteiger partial charge in [0.15, 0.2) is 5.13 Å². The molecule has 0 bridgehead atoms. The van der Waals surface area contributed by atoms with Crippen molar-refractivity contribution in [1.82, 2.24) is 4.98 Å². The number of carbonyl (C=O) groups excluding carboxylic acids is 1. The van der Waals surface area contributed by atoms with Crippen LogP contribution in [0.15, 0.2) is 18.2 Å². The summed E-state index contributed by atoms with van der Waals surface area (Å²) < 4.78 is 1.10. The van der Waals surface area contributed by atoms with Gasteiger partial charge >= 0.3 is 0 Å². The number of thiazole rings is 1. The Bertz CT molecular complexity index is 644. The minimum atomic E-state index is -0.308. The van der Waals surface area contributed by atoms with E-state index >= 15 is 0 Å². The summed E-state index contributed by atoms with van der Waals surface area (Å²) in [4.78, 5) is 16.5. The number of anilines is 1. The monoisotopic (exact) mass is 289 g/mol. The van der Waals surface area contributed by atoms with E-state index in [9.17, 15) is 4.79 Å². The third-order valence-corrected chi connectivity index (χ3v) is 4.84. The Morgan fingerprint density at radius 3 is 2.95 bits per heavy atom. The first kappa shape index (κ1) is 13.5. The molecule has 1 aliphatic carbocycles. The molecule has 4 nitrogen and oxygen atoms in total. The number of hydrogen-bond acceptors (Lipinski definition) is 4. The van der Waals surface area contributed by atoms with Crippen molar-refractivity contribution in [2.45, 2.75) is 44.6 Å². The Labute approximate surface area is 122 Å². The number of aromatic nitrogens is 1. The first-order valence-electron chi connectivity index (χ1n) is 7.00. The summed E-state index contributed by atoms with van der Waals surface area (Å²) in [5.41, 5.74) is 8.05. The summed E-state index contributed by atoms with van der Waals surface area (Å²) >= 11 is 1.51. The minimum absolute atomic E-state index is 0.0230. The van der Waals surface area contributed by atoms with Crippen LogP contribution in [0.1, 0.15) is 37.7 Å². The van der Waals surface area contributed by atoms with Gasteiger partial charge in [0, 0.05) is 12.0 Å². The molecule has 3 N–H and O–H groups in total. The number of carbonyl (C=O) groups is 1. The fraction of sp³-hybridized carbons (Fsp3) is 0.467. The molecule has 5 heteroatoms. The van der Waals surface area contributed by atoms with Gasteiger partial charge in [0.25, 0.3) is 0 Å². The molecule has 3 rings (SSSR count). The van der Waals surface area contributed by atoms with Gasteiger partial charge in [0.1, 0.15) is 0 Å². The minimum Gasteiger partial charge on any atom is -0.325 e. The van der Waals surface area contributed by atoms with Gasteiger partial charge in [-0.25, -0.2) is 4.98 Å². The van der Waals surface area contributed by atoms with E-state index in [4.69, 9.17) is 5.73 Å². The van der Waals surface area contributed by atoms with Crippen LogP contribution in [0, 0.1) is 6.92 Å². The Hall–Kier alpha value is -1.46. The van der Waals surface area contributed by atoms with Crippen molar-refractivity contribution in [3.8, 4) is 0 Å². The number of amides is 1. The summed E-state index contributed by atoms with van der Waals surface area (Å²) in [6.07, 6.45) is 4.54. The molecule has 1 aromatic heterocycles. The Balaban J connectivity index is 1.71. The van der Waals surface area contributed by atoms with Gasteiger partial charge in [0.05, 0.1) is 10.2 Å². The third-order valence-electron chi connectivity index (χ3n) is 3.90. The largest absolute Gasteiger partial charge is 0.325 e. The molecule has 0 saturated heterocycles. The van der Waals surface area contributed by atoms with Crippen LogP contribution in [0.5, 0.6) is 0 Å². The van der Waals surface area contributed by atoms with E-state index in [0.29, 0.717) is 11.6 Å². The third kappa shape index (κ3) is 2.83. The molecular formula is C15H19N3OS. The number of nitrogens with zero attached hydrogens (tertiary/aromatic N) is 1. The maximum absolute atomic E-state index is 12.1. The van der Waals surface area contributed by atoms with Crippen LogP contribution in [0.4, 0.5) is 5.13 Å². The molecule has 20 heavy (non-hydrogen) atoms. The van der Waals surface area contributed by atoms with Crippen LogP contribution in [0.3, 0.4) is 0 Å². The average Bonchev–Trinajstić information content (AvgIpc) is 2.94. The average molecular weight is 289 g/mol. The van der Waals surface area contributed by atoms with E-state index < -0.39 is 0 Å². The highest BCUT2D eigenvalue weighted by atomic mass is 32.1. The van der Waals surface area contributed by atoms with Crippen molar-refractivity contribution in [3.05, 3.63) is 23.8 Å². The van der Waals surface area contributed by atoms with Gasteiger partial charge in [0.2, 0.25) is 5.91 Å². The number of aryl methyl sites for hydroxylation is 1. The molecule has 1 fully saturated rings. The number of benzene rings is 1. The zero-order chi connectivity index (χ0) is 14.2. The Morgan fingerprint density at radius 1 is 1.45 bits per heavy atom. The van der Waals surface area contributed by atoms with Crippen molar-refractivity contribution in [3.63, 3.8) is 0 Å². The Morgan fingerprint density at radius 2 is 2.20 bits per heavy atom. The predicted octanol–water partition coefficient (Wildman–Crippen LogP) is 3.20. The van der Waals surface area contributed by atoms with Crippen molar-refractivity contribution in [2.75, 3.05) is 5.32 Å². The molecule has 1 saturated carbocycles. The lowest BCUT2D eigenvalue weighted by molar-refractivity contribution is -0.117. The molecule has 2 aromatic rings. The highest BCUT2D eigenvalue weighted by molar-refractivity contribution is 7.22. The lowest BCUT2D eigenvalue weighted by atomic mass is 9.94. The molecule has 106 valence electrons. The van der Waals surface area contributed by atoms with E-state index in [1.165, 1.54) is 16.9 Å². The molecule has 0 aliphatic heterocycles. The van der Waals surface area contributed by atoms with Crippen LogP contribution in [0.2, 0.25) is 0 Å². The molecule has 0 spiro atoms. The number of nitrogens with two attached hydrogens (primary N) is 1. The second-order valence-electron chi connectivity index (χ2n) is 5.78. The van der Waals surface area contributed by atoms with E-state index in [2.05, 4.69) is 23.3 Å². The number of fused-ring (bicyclic) bond motifs is 1. The van der Waals surface area contributed by atoms with Crippen LogP contribution >= 0.6 is 11.3 Å². The first-order chi connectivity index (χ1) is 9.54. The number of rotatable bonds is 3. The second-order valence-corrected chi connectivity index (χ2v) is 6.82. The molecule has 1 heterocycles. The zero-order valence-electron chi connectivity index (χ0n) is 11.6. The van der Waals surface area contributed by atoms with Crippen molar-refractivity contribution >= 4 is 32.6 Å². The lowest BCUT2D eigenvalue weighted by Crippen LogP contribution is -2.40. The predicted molar refractivity (Wildman–Crippen MR) is 83.0 cm³/mol. The molecule has 0 radical (unpaired) electrons. The molecule has 1 aromatic carbocycles. The molecule has 1 amide bonds. The number of nitrogens with one attached hydrogen (secondary N) is 1. The van der Waals surface area contributed by atoms with Gasteiger partial charge in [-0.3, -0.25) is 4.79 Å². The smallest absolute Gasteiger partial charge is 0.228 e. The summed E-state index contributed by atoms with van der Waals surface area (Å²) in [6, 6.07) is 6.10. The van der Waals surface area contributed by atoms with E-state index in [-0.39, 0.29) is 11.4 Å². The summed E-state index contributed by atoms with van der Waals surface area (Å²) in [5.74, 6) is -0.0230. The lowest BCUT2D eigenvalue weighted by Gasteiger charge is -2.22. The van der Waals surface area contributed by atoms with Crippen LogP contribution in [0.25, 0.3) is 10.2 Å². The SMILES string of the molecule is Cc1ccc2nc(NC(=O)CC3(N)CCCC3)sc2c1. The van der Waals surface area contributed by atoms with E-state index in [1.54, 1.807) is 0 Å². The number of hydrogen-bond donors (Lipinski definition) is 2. The zero-order valence-corrected chi connectivity index (χ0v) is 12.4. The van der Waals surface area contributed by atoms with E-state index in [1.807, 2.05) is 12.1 Å². The summed E-state index contributed by atoms with van der Waals surface area (Å²) in [6.45, 7) is 2.05. The van der Waals surface area contributed by atoms with Crippen LogP contribution < -0.4 is 11.1 Å². The first-order valence-corrected chi connectivity index (χ1v) is 7.82. The maximum atomic E-state index is 12.1. The van der Waals surface area contributed by atoms with Crippen LogP contribution in [-0.4, -0.2) is 16.4 Å². The standard InChI is InChI=1S/C15H19N3OS/c1-10-4-5-11-12(8-10)20-14(17-11)18-13(19)9-15(16)6-2-3-7-15/h4-5,8H,2-3,6-7,9,16H2,1H3,(H,17,18,19). The second kappa shape index (κ2) is 5.14. The fourth-order valence-electron chi connectivity index (χ4n) is 2.82. The van der Waals surface area contributed by atoms with Crippen molar-refractivity contribution < 1.29 is 4.79 Å². The van der Waals surface area contributed by atoms with Gasteiger partial charge in [-0.05, 0) is 37.5 Å². The quantitative estimate of drug-likeness (QED) is 0.911. The molecule has 1 aliphatic rings. The van der Waals surface area contributed by atoms with Gasteiger partial charge in [-0.1, -0.05) is 30.2 Å². The van der Waals surface area contributed by atoms with Crippen molar-refractivity contribution in [2.24, 2.45) is 5.73 Å². The van der Waals surface area contributed by atoms with Gasteiger partial charge in [-0.2, -0.15) is 0 Å². The summed E-state index contributed by atoms with van der Waals surface area (Å²) in [7, 11) is 0. The van der Waals surface area contributed by atoms with E-state index in [0.717, 1.165) is 35.9 Å². The summed E-state index contributed by atoms with van der Waals surface area (Å²) in [5, 5.41) is 3.56. The molecular weight excluding hydrogens is 270 g/mol. The van der Waals surface area contributed by atoms with Gasteiger partial charge in [-0.15, -0.1) is 0 Å². The topological polar surface area (TPSA) is 68.0 Å². The van der Waals surface area contributed by atoms with Crippen molar-refractivity contribution in [1.29, 1.82) is 0 Å². The van der Waals surface area contributed by atoms with Gasteiger partial charge < -0.3 is 11.1 Å². The molecule has 0 atom stereocenters. The normalized spacial score (nSPS) is 17.5. The fourth-order valence-corrected chi connectivity index (χ4v) is 3.80. The highest BCUT2D eigenvalue weighted by Gasteiger charge is 2.31. The molecule has 0 unspecified atom stereocenters. The highest BCUT2D eigenvalue weighted by Crippen LogP contribution is 2.31.